The van der Waals surface area contributed by atoms with Gasteiger partial charge >= 0.3 is 0 Å². The molecular weight excluding hydrogens is 297 g/mol. The first-order valence-electron chi connectivity index (χ1n) is 5.69. The minimum Gasteiger partial charge on any atom is -0.497 e. The molecule has 0 radical (unpaired) electrons. The molecule has 0 spiro atoms. The lowest BCUT2D eigenvalue weighted by atomic mass is 10.3. The average molecular weight is 307 g/mol. The normalized spacial score (nSPS) is 10.7. The van der Waals surface area contributed by atoms with Crippen LogP contribution in [0.3, 0.4) is 0 Å². The van der Waals surface area contributed by atoms with Gasteiger partial charge in [0.25, 0.3) is 10.0 Å². The lowest BCUT2D eigenvalue weighted by Crippen LogP contribution is -2.16. The van der Waals surface area contributed by atoms with E-state index in [1.807, 2.05) is 0 Å². The second kappa shape index (κ2) is 5.76. The smallest absolute Gasteiger partial charge is 0.264 e. The third kappa shape index (κ3) is 3.09. The Kier molecular flexibility index (Phi) is 4.05. The van der Waals surface area contributed by atoms with Crippen molar-refractivity contribution < 1.29 is 17.5 Å². The zero-order valence-corrected chi connectivity index (χ0v) is 11.7. The summed E-state index contributed by atoms with van der Waals surface area (Å²) < 4.78 is 45.1. The molecule has 2 aromatic rings. The molecule has 0 bridgehead atoms. The third-order valence-corrected chi connectivity index (χ3v) is 3.98. The van der Waals surface area contributed by atoms with E-state index in [2.05, 4.69) is 9.71 Å². The highest BCUT2D eigenvalue weighted by Gasteiger charge is 2.21. The van der Waals surface area contributed by atoms with Crippen molar-refractivity contribution in [1.82, 2.24) is 4.98 Å². The molecule has 1 N–H and O–H groups in total. The standard InChI is InChI=1S/C13H10FN3O3S/c1-20-9-4-5-10(14)11(7-9)17-21(18,19)13-3-2-6-16-12(13)8-15/h2-7,17H,1H3. The first kappa shape index (κ1) is 14.7. The minimum absolute atomic E-state index is 0.270. The quantitative estimate of drug-likeness (QED) is 0.931. The number of pyridine rings is 1. The van der Waals surface area contributed by atoms with Crippen molar-refractivity contribution in [2.24, 2.45) is 0 Å². The Morgan fingerprint density at radius 2 is 2.14 bits per heavy atom. The number of hydrogen-bond donors (Lipinski definition) is 1. The topological polar surface area (TPSA) is 92.1 Å². The van der Waals surface area contributed by atoms with Crippen molar-refractivity contribution >= 4 is 15.7 Å². The first-order valence-corrected chi connectivity index (χ1v) is 7.17. The SMILES string of the molecule is COc1ccc(F)c(NS(=O)(=O)c2cccnc2C#N)c1. The van der Waals surface area contributed by atoms with Gasteiger partial charge in [0.05, 0.1) is 12.8 Å². The van der Waals surface area contributed by atoms with E-state index < -0.39 is 15.8 Å². The molecule has 1 aromatic heterocycles. The fraction of sp³-hybridized carbons (Fsp3) is 0.0769. The molecule has 108 valence electrons. The van der Waals surface area contributed by atoms with Crippen molar-refractivity contribution in [2.45, 2.75) is 4.90 Å². The molecule has 0 unspecified atom stereocenters. The molecule has 0 atom stereocenters. The van der Waals surface area contributed by atoms with E-state index in [0.29, 0.717) is 5.75 Å². The van der Waals surface area contributed by atoms with Crippen molar-refractivity contribution in [3.63, 3.8) is 0 Å². The molecule has 1 aromatic carbocycles. The van der Waals surface area contributed by atoms with Gasteiger partial charge in [-0.05, 0) is 24.3 Å². The van der Waals surface area contributed by atoms with Crippen LogP contribution in [0.1, 0.15) is 5.69 Å². The van der Waals surface area contributed by atoms with Crippen molar-refractivity contribution in [3.8, 4) is 11.8 Å². The van der Waals surface area contributed by atoms with E-state index in [-0.39, 0.29) is 16.3 Å². The van der Waals surface area contributed by atoms with Crippen LogP contribution in [-0.2, 0) is 10.0 Å². The molecule has 2 rings (SSSR count). The number of anilines is 1. The number of ether oxygens (including phenoxy) is 1. The van der Waals surface area contributed by atoms with Crippen LogP contribution in [0.5, 0.6) is 5.75 Å². The van der Waals surface area contributed by atoms with Gasteiger partial charge in [-0.25, -0.2) is 17.8 Å². The van der Waals surface area contributed by atoms with Gasteiger partial charge < -0.3 is 4.74 Å². The molecule has 1 heterocycles. The van der Waals surface area contributed by atoms with Crippen LogP contribution in [0.25, 0.3) is 0 Å². The molecule has 0 fully saturated rings. The number of rotatable bonds is 4. The van der Waals surface area contributed by atoms with Crippen molar-refractivity contribution in [2.75, 3.05) is 11.8 Å². The van der Waals surface area contributed by atoms with E-state index in [0.717, 1.165) is 6.07 Å². The zero-order valence-electron chi connectivity index (χ0n) is 10.9. The summed E-state index contributed by atoms with van der Waals surface area (Å²) in [5, 5.41) is 8.89. The highest BCUT2D eigenvalue weighted by Crippen LogP contribution is 2.24. The van der Waals surface area contributed by atoms with Crippen LogP contribution < -0.4 is 9.46 Å². The number of aromatic nitrogens is 1. The summed E-state index contributed by atoms with van der Waals surface area (Å²) in [6, 6.07) is 7.90. The molecule has 21 heavy (non-hydrogen) atoms. The van der Waals surface area contributed by atoms with Gasteiger partial charge in [0.2, 0.25) is 0 Å². The van der Waals surface area contributed by atoms with Crippen LogP contribution in [0.4, 0.5) is 10.1 Å². The van der Waals surface area contributed by atoms with Gasteiger partial charge in [-0.1, -0.05) is 0 Å². The van der Waals surface area contributed by atoms with E-state index in [1.54, 1.807) is 6.07 Å². The summed E-state index contributed by atoms with van der Waals surface area (Å²) in [6.07, 6.45) is 1.30. The highest BCUT2D eigenvalue weighted by atomic mass is 32.2. The monoisotopic (exact) mass is 307 g/mol. The van der Waals surface area contributed by atoms with Crippen LogP contribution in [0.15, 0.2) is 41.4 Å². The van der Waals surface area contributed by atoms with Gasteiger partial charge in [0, 0.05) is 12.3 Å². The summed E-state index contributed by atoms with van der Waals surface area (Å²) in [4.78, 5) is 3.34. The summed E-state index contributed by atoms with van der Waals surface area (Å²) >= 11 is 0. The Morgan fingerprint density at radius 3 is 2.81 bits per heavy atom. The maximum Gasteiger partial charge on any atom is 0.264 e. The Morgan fingerprint density at radius 1 is 1.38 bits per heavy atom. The lowest BCUT2D eigenvalue weighted by molar-refractivity contribution is 0.414. The second-order valence-electron chi connectivity index (χ2n) is 3.91. The predicted octanol–water partition coefficient (Wildman–Crippen LogP) is 1.90. The second-order valence-corrected chi connectivity index (χ2v) is 5.56. The van der Waals surface area contributed by atoms with E-state index in [4.69, 9.17) is 10.00 Å². The minimum atomic E-state index is -4.13. The number of methoxy groups -OCH3 is 1. The molecule has 0 aliphatic rings. The number of hydrogen-bond acceptors (Lipinski definition) is 5. The maximum absolute atomic E-state index is 13.7. The maximum atomic E-state index is 13.7. The molecule has 0 aliphatic carbocycles. The molecule has 0 saturated heterocycles. The van der Waals surface area contributed by atoms with Gasteiger partial charge in [0.1, 0.15) is 22.5 Å². The number of nitriles is 1. The van der Waals surface area contributed by atoms with E-state index >= 15 is 0 Å². The Labute approximate surface area is 120 Å². The zero-order chi connectivity index (χ0) is 15.5. The number of sulfonamides is 1. The summed E-state index contributed by atoms with van der Waals surface area (Å²) in [6.45, 7) is 0. The summed E-state index contributed by atoms with van der Waals surface area (Å²) in [7, 11) is -2.76. The average Bonchev–Trinajstić information content (AvgIpc) is 2.49. The van der Waals surface area contributed by atoms with Crippen LogP contribution >= 0.6 is 0 Å². The Bertz CT molecular complexity index is 816. The van der Waals surface area contributed by atoms with Gasteiger partial charge in [0.15, 0.2) is 5.69 Å². The summed E-state index contributed by atoms with van der Waals surface area (Å²) in [5.41, 5.74) is -0.546. The third-order valence-electron chi connectivity index (χ3n) is 2.58. The van der Waals surface area contributed by atoms with Gasteiger partial charge in [-0.15, -0.1) is 0 Å². The number of nitrogens with one attached hydrogen (secondary N) is 1. The summed E-state index contributed by atoms with van der Waals surface area (Å²) in [5.74, 6) is -0.470. The molecular formula is C13H10FN3O3S. The van der Waals surface area contributed by atoms with E-state index in [1.165, 1.54) is 37.6 Å². The van der Waals surface area contributed by atoms with Crippen LogP contribution in [0, 0.1) is 17.1 Å². The van der Waals surface area contributed by atoms with Crippen molar-refractivity contribution in [1.29, 1.82) is 5.26 Å². The molecule has 0 aliphatic heterocycles. The molecule has 0 saturated carbocycles. The molecule has 6 nitrogen and oxygen atoms in total. The lowest BCUT2D eigenvalue weighted by Gasteiger charge is -2.10. The predicted molar refractivity (Wildman–Crippen MR) is 72.7 cm³/mol. The highest BCUT2D eigenvalue weighted by molar-refractivity contribution is 7.92. The van der Waals surface area contributed by atoms with E-state index in [9.17, 15) is 12.8 Å². The van der Waals surface area contributed by atoms with Gasteiger partial charge in [-0.3, -0.25) is 4.72 Å². The van der Waals surface area contributed by atoms with Crippen molar-refractivity contribution in [3.05, 3.63) is 48.0 Å². The van der Waals surface area contributed by atoms with Crippen LogP contribution in [0.2, 0.25) is 0 Å². The van der Waals surface area contributed by atoms with Crippen LogP contribution in [-0.4, -0.2) is 20.5 Å². The Hall–Kier alpha value is -2.66. The molecule has 0 amide bonds. The number of halogens is 1. The molecule has 8 heteroatoms. The number of nitrogens with zero attached hydrogens (tertiary/aromatic N) is 2. The van der Waals surface area contributed by atoms with Gasteiger partial charge in [-0.2, -0.15) is 5.26 Å². The fourth-order valence-electron chi connectivity index (χ4n) is 1.60. The first-order chi connectivity index (χ1) is 9.97. The number of benzene rings is 1. The largest absolute Gasteiger partial charge is 0.497 e. The fourth-order valence-corrected chi connectivity index (χ4v) is 2.77. The Balaban J connectivity index is 2.45.